The normalized spacial score (nSPS) is 22.4. The van der Waals surface area contributed by atoms with Gasteiger partial charge in [0.25, 0.3) is 0 Å². The number of hydrogen-bond donors (Lipinski definition) is 0. The Labute approximate surface area is 164 Å². The molecule has 0 aromatic carbocycles. The van der Waals surface area contributed by atoms with E-state index in [4.69, 9.17) is 9.47 Å². The van der Waals surface area contributed by atoms with Crippen molar-refractivity contribution in [2.24, 2.45) is 5.92 Å². The van der Waals surface area contributed by atoms with Gasteiger partial charge >= 0.3 is 23.2 Å². The lowest BCUT2D eigenvalue weighted by Crippen LogP contribution is -2.43. The van der Waals surface area contributed by atoms with E-state index >= 15 is 0 Å². The van der Waals surface area contributed by atoms with Crippen molar-refractivity contribution in [1.82, 2.24) is 0 Å². The third-order valence-electron chi connectivity index (χ3n) is 3.88. The first-order chi connectivity index (χ1) is 13.2. The van der Waals surface area contributed by atoms with E-state index in [0.717, 1.165) is 6.08 Å². The second kappa shape index (κ2) is 7.87. The molecule has 3 unspecified atom stereocenters. The van der Waals surface area contributed by atoms with Gasteiger partial charge in [-0.25, -0.2) is 22.8 Å². The van der Waals surface area contributed by atoms with Gasteiger partial charge in [-0.2, -0.15) is 8.78 Å². The molecule has 0 bridgehead atoms. The number of hydrogen-bond acceptors (Lipinski definition) is 9. The van der Waals surface area contributed by atoms with Crippen LogP contribution in [0.15, 0.2) is 47.8 Å². The Kier molecular flexibility index (Phi) is 6.09. The zero-order valence-electron chi connectivity index (χ0n) is 15.1. The second-order valence-corrected chi connectivity index (χ2v) is 7.64. The van der Waals surface area contributed by atoms with Crippen molar-refractivity contribution in [2.75, 3.05) is 0 Å². The predicted octanol–water partition coefficient (Wildman–Crippen LogP) is 1.10. The number of halogens is 2. The molecule has 0 N–H and O–H groups in total. The van der Waals surface area contributed by atoms with Crippen LogP contribution in [0.5, 0.6) is 0 Å². The van der Waals surface area contributed by atoms with Gasteiger partial charge in [0.2, 0.25) is 0 Å². The summed E-state index contributed by atoms with van der Waals surface area (Å²) in [5.74, 6) is -4.15. The maximum Gasteiger partial charge on any atom is 0.370 e. The zero-order valence-corrected chi connectivity index (χ0v) is 15.9. The number of allylic oxidation sites excluding steroid dienone is 1. The monoisotopic (exact) mass is 433 g/mol. The third-order valence-corrected chi connectivity index (χ3v) is 4.88. The summed E-state index contributed by atoms with van der Waals surface area (Å²) in [5, 5.41) is -4.89. The maximum absolute atomic E-state index is 13.4. The predicted molar refractivity (Wildman–Crippen MR) is 89.8 cm³/mol. The zero-order chi connectivity index (χ0) is 22.1. The van der Waals surface area contributed by atoms with Gasteiger partial charge in [-0.1, -0.05) is 18.7 Å². The molecule has 1 heterocycles. The SMILES string of the molecule is C=C(C)C(=O)OC1=CC2OC(=O)C(C(=O)OC(C)C(F)(F)S(=O)(=O)[O-])=CC2C=C1. The smallest absolute Gasteiger partial charge is 0.370 e. The molecule has 3 atom stereocenters. The molecular weight excluding hydrogens is 418 g/mol. The van der Waals surface area contributed by atoms with Crippen LogP contribution in [0.1, 0.15) is 13.8 Å². The number of rotatable bonds is 6. The Morgan fingerprint density at radius 2 is 1.97 bits per heavy atom. The summed E-state index contributed by atoms with van der Waals surface area (Å²) in [4.78, 5) is 35.6. The van der Waals surface area contributed by atoms with Crippen molar-refractivity contribution in [2.45, 2.75) is 31.3 Å². The highest BCUT2D eigenvalue weighted by Crippen LogP contribution is 2.31. The fourth-order valence-corrected chi connectivity index (χ4v) is 2.72. The third kappa shape index (κ3) is 4.77. The van der Waals surface area contributed by atoms with Gasteiger partial charge in [0.15, 0.2) is 16.2 Å². The number of esters is 3. The molecule has 0 spiro atoms. The summed E-state index contributed by atoms with van der Waals surface area (Å²) in [5.41, 5.74) is -0.615. The molecule has 1 aliphatic carbocycles. The highest BCUT2D eigenvalue weighted by molar-refractivity contribution is 7.86. The molecule has 29 heavy (non-hydrogen) atoms. The van der Waals surface area contributed by atoms with E-state index in [9.17, 15) is 36.1 Å². The average molecular weight is 433 g/mol. The van der Waals surface area contributed by atoms with Crippen LogP contribution in [-0.2, 0) is 38.7 Å². The van der Waals surface area contributed by atoms with Crippen molar-refractivity contribution in [3.63, 3.8) is 0 Å². The number of carbonyl (C=O) groups excluding carboxylic acids is 3. The first-order valence-electron chi connectivity index (χ1n) is 7.98. The van der Waals surface area contributed by atoms with Crippen molar-refractivity contribution in [1.29, 1.82) is 0 Å². The van der Waals surface area contributed by atoms with Crippen molar-refractivity contribution in [3.05, 3.63) is 47.8 Å². The number of carbonyl (C=O) groups is 3. The standard InChI is InChI=1S/C17H16F2O9S/c1-8(2)14(20)27-11-5-4-10-6-12(16(22)28-13(10)7-11)15(21)26-9(3)17(18,19)29(23,24)25/h4-7,9-10,13H,1H2,2-3H3,(H,23,24,25)/p-1. The molecule has 2 rings (SSSR count). The molecule has 12 heteroatoms. The Morgan fingerprint density at radius 1 is 1.34 bits per heavy atom. The largest absolute Gasteiger partial charge is 0.743 e. The number of fused-ring (bicyclic) bond motifs is 1. The minimum Gasteiger partial charge on any atom is -0.743 e. The van der Waals surface area contributed by atoms with Gasteiger partial charge in [-0.15, -0.1) is 0 Å². The van der Waals surface area contributed by atoms with Gasteiger partial charge in [0.1, 0.15) is 17.4 Å². The minimum absolute atomic E-state index is 0.0698. The summed E-state index contributed by atoms with van der Waals surface area (Å²) in [6, 6.07) is 0. The molecule has 9 nitrogen and oxygen atoms in total. The Balaban J connectivity index is 2.15. The molecule has 0 aromatic heterocycles. The highest BCUT2D eigenvalue weighted by atomic mass is 32.2. The van der Waals surface area contributed by atoms with Crippen LogP contribution >= 0.6 is 0 Å². The molecule has 0 aromatic rings. The van der Waals surface area contributed by atoms with Gasteiger partial charge in [0, 0.05) is 11.5 Å². The van der Waals surface area contributed by atoms with E-state index in [1.165, 1.54) is 25.2 Å². The summed E-state index contributed by atoms with van der Waals surface area (Å²) in [7, 11) is -6.10. The lowest BCUT2D eigenvalue weighted by Gasteiger charge is -2.29. The molecular formula is C17H15F2O9S-. The molecule has 0 saturated heterocycles. The van der Waals surface area contributed by atoms with E-state index in [1.54, 1.807) is 0 Å². The minimum atomic E-state index is -6.10. The quantitative estimate of drug-likeness (QED) is 0.198. The fourth-order valence-electron chi connectivity index (χ4n) is 2.26. The molecule has 0 fully saturated rings. The van der Waals surface area contributed by atoms with E-state index in [-0.39, 0.29) is 11.3 Å². The summed E-state index contributed by atoms with van der Waals surface area (Å²) >= 11 is 0. The van der Waals surface area contributed by atoms with Gasteiger partial charge < -0.3 is 18.8 Å². The van der Waals surface area contributed by atoms with Gasteiger partial charge in [0.05, 0.1) is 0 Å². The number of ether oxygens (including phenoxy) is 3. The Hall–Kier alpha value is -2.86. The van der Waals surface area contributed by atoms with Crippen LogP contribution in [0.3, 0.4) is 0 Å². The van der Waals surface area contributed by atoms with Crippen LogP contribution in [0.2, 0.25) is 0 Å². The Morgan fingerprint density at radius 3 is 2.52 bits per heavy atom. The summed E-state index contributed by atoms with van der Waals surface area (Å²) in [6.07, 6.45) is 1.56. The highest BCUT2D eigenvalue weighted by Gasteiger charge is 2.47. The van der Waals surface area contributed by atoms with Crippen LogP contribution in [0, 0.1) is 5.92 Å². The summed E-state index contributed by atoms with van der Waals surface area (Å²) in [6.45, 7) is 5.35. The first kappa shape index (κ1) is 22.4. The van der Waals surface area contributed by atoms with Crippen molar-refractivity contribution in [3.8, 4) is 0 Å². The van der Waals surface area contributed by atoms with E-state index in [0.29, 0.717) is 6.92 Å². The maximum atomic E-state index is 13.4. The number of alkyl halides is 2. The van der Waals surface area contributed by atoms with Gasteiger partial charge in [-0.05, 0) is 26.0 Å². The second-order valence-electron chi connectivity index (χ2n) is 6.19. The first-order valence-corrected chi connectivity index (χ1v) is 9.39. The van der Waals surface area contributed by atoms with E-state index in [2.05, 4.69) is 11.3 Å². The van der Waals surface area contributed by atoms with Crippen LogP contribution < -0.4 is 0 Å². The van der Waals surface area contributed by atoms with Crippen LogP contribution in [0.4, 0.5) is 8.78 Å². The van der Waals surface area contributed by atoms with Crippen molar-refractivity contribution < 1.29 is 50.3 Å². The molecule has 1 aliphatic heterocycles. The Bertz CT molecular complexity index is 959. The lowest BCUT2D eigenvalue weighted by atomic mass is 9.92. The lowest BCUT2D eigenvalue weighted by molar-refractivity contribution is -0.160. The molecule has 0 radical (unpaired) electrons. The summed E-state index contributed by atoms with van der Waals surface area (Å²) < 4.78 is 72.9. The van der Waals surface area contributed by atoms with Gasteiger partial charge in [-0.3, -0.25) is 0 Å². The molecule has 0 amide bonds. The van der Waals surface area contributed by atoms with Crippen LogP contribution in [0.25, 0.3) is 0 Å². The topological polar surface area (TPSA) is 136 Å². The molecule has 0 saturated carbocycles. The van der Waals surface area contributed by atoms with E-state index in [1.807, 2.05) is 0 Å². The molecule has 158 valence electrons. The average Bonchev–Trinajstić information content (AvgIpc) is 2.59. The van der Waals surface area contributed by atoms with Crippen LogP contribution in [-0.4, -0.2) is 48.3 Å². The molecule has 2 aliphatic rings. The fraction of sp³-hybridized carbons (Fsp3) is 0.353. The van der Waals surface area contributed by atoms with Crippen molar-refractivity contribution >= 4 is 28.0 Å². The van der Waals surface area contributed by atoms with E-state index < -0.39 is 57.0 Å².